The van der Waals surface area contributed by atoms with Crippen molar-refractivity contribution in [3.8, 4) is 0 Å². The number of hydrogen-bond donors (Lipinski definition) is 2. The molecule has 2 nitrogen and oxygen atoms in total. The number of aliphatic hydroxyl groups is 2. The Kier molecular flexibility index (Phi) is 16.1. The van der Waals surface area contributed by atoms with Crippen molar-refractivity contribution in [2.75, 3.05) is 13.2 Å². The summed E-state index contributed by atoms with van der Waals surface area (Å²) in [5.74, 6) is 0. The molecule has 40 valence electrons. The Balaban J connectivity index is 0. The Morgan fingerprint density at radius 3 is 1.29 bits per heavy atom. The zero-order valence-corrected chi connectivity index (χ0v) is 6.64. The summed E-state index contributed by atoms with van der Waals surface area (Å²) in [6, 6.07) is 0. The standard InChI is InChI=1S/C4H10O2.Ca/c5-3-1-2-4-6;/h5-6H,1-4H2;. The summed E-state index contributed by atoms with van der Waals surface area (Å²) in [7, 11) is 0. The van der Waals surface area contributed by atoms with E-state index < -0.39 is 0 Å². The van der Waals surface area contributed by atoms with Crippen LogP contribution in [-0.4, -0.2) is 61.2 Å². The monoisotopic (exact) mass is 130 g/mol. The largest absolute Gasteiger partial charge is 0.396 e. The van der Waals surface area contributed by atoms with Gasteiger partial charge in [0, 0.05) is 51.0 Å². The van der Waals surface area contributed by atoms with Crippen LogP contribution in [0.4, 0.5) is 0 Å². The van der Waals surface area contributed by atoms with Gasteiger partial charge in [-0.05, 0) is 12.8 Å². The molecule has 0 aliphatic rings. The van der Waals surface area contributed by atoms with Crippen LogP contribution < -0.4 is 0 Å². The first-order valence-electron chi connectivity index (χ1n) is 2.13. The third-order valence-corrected chi connectivity index (χ3v) is 0.566. The average molecular weight is 130 g/mol. The topological polar surface area (TPSA) is 40.5 Å². The van der Waals surface area contributed by atoms with Gasteiger partial charge >= 0.3 is 0 Å². The molecule has 0 atom stereocenters. The maximum atomic E-state index is 8.09. The maximum absolute atomic E-state index is 8.09. The van der Waals surface area contributed by atoms with Gasteiger partial charge in [-0.2, -0.15) is 0 Å². The SMILES string of the molecule is OCCCCO.[Ca]. The molecular weight excluding hydrogens is 120 g/mol. The molecule has 2 N–H and O–H groups in total. The van der Waals surface area contributed by atoms with Gasteiger partial charge in [-0.15, -0.1) is 0 Å². The first-order valence-corrected chi connectivity index (χ1v) is 2.13. The van der Waals surface area contributed by atoms with E-state index in [4.69, 9.17) is 10.2 Å². The fraction of sp³-hybridized carbons (Fsp3) is 1.00. The zero-order valence-electron chi connectivity index (χ0n) is 4.43. The molecule has 0 bridgehead atoms. The van der Waals surface area contributed by atoms with Crippen molar-refractivity contribution in [2.45, 2.75) is 12.8 Å². The number of hydrogen-bond acceptors (Lipinski definition) is 2. The van der Waals surface area contributed by atoms with Gasteiger partial charge in [0.05, 0.1) is 0 Å². The zero-order chi connectivity index (χ0) is 4.83. The third kappa shape index (κ3) is 11.0. The van der Waals surface area contributed by atoms with Crippen LogP contribution in [0.1, 0.15) is 12.8 Å². The summed E-state index contributed by atoms with van der Waals surface area (Å²) < 4.78 is 0. The van der Waals surface area contributed by atoms with Crippen LogP contribution in [-0.2, 0) is 0 Å². The molecule has 0 spiro atoms. The minimum atomic E-state index is 0. The van der Waals surface area contributed by atoms with Crippen molar-refractivity contribution < 1.29 is 10.2 Å². The molecule has 0 aromatic rings. The predicted octanol–water partition coefficient (Wildman–Crippen LogP) is -0.630. The molecule has 0 fully saturated rings. The Hall–Kier alpha value is 1.18. The quantitative estimate of drug-likeness (QED) is 0.394. The van der Waals surface area contributed by atoms with Crippen molar-refractivity contribution in [3.63, 3.8) is 0 Å². The van der Waals surface area contributed by atoms with Gasteiger partial charge in [-0.1, -0.05) is 0 Å². The van der Waals surface area contributed by atoms with E-state index in [9.17, 15) is 0 Å². The second-order valence-corrected chi connectivity index (χ2v) is 1.15. The molecule has 0 aromatic heterocycles. The van der Waals surface area contributed by atoms with Crippen molar-refractivity contribution in [1.29, 1.82) is 0 Å². The molecule has 0 saturated heterocycles. The fourth-order valence-corrected chi connectivity index (χ4v) is 0.224. The minimum Gasteiger partial charge on any atom is -0.396 e. The Morgan fingerprint density at radius 1 is 0.857 bits per heavy atom. The summed E-state index contributed by atoms with van der Waals surface area (Å²) in [6.07, 6.45) is 1.44. The molecule has 0 heterocycles. The van der Waals surface area contributed by atoms with Crippen molar-refractivity contribution >= 4 is 37.7 Å². The molecule has 0 amide bonds. The normalized spacial score (nSPS) is 7.71. The van der Waals surface area contributed by atoms with Crippen molar-refractivity contribution in [1.82, 2.24) is 0 Å². The van der Waals surface area contributed by atoms with Crippen LogP contribution in [0.2, 0.25) is 0 Å². The summed E-state index contributed by atoms with van der Waals surface area (Å²) in [5, 5.41) is 16.2. The van der Waals surface area contributed by atoms with E-state index >= 15 is 0 Å². The van der Waals surface area contributed by atoms with Gasteiger partial charge in [-0.3, -0.25) is 0 Å². The second kappa shape index (κ2) is 10.2. The van der Waals surface area contributed by atoms with Gasteiger partial charge in [0.1, 0.15) is 0 Å². The molecular formula is C4H10CaO2. The van der Waals surface area contributed by atoms with Crippen LogP contribution >= 0.6 is 0 Å². The van der Waals surface area contributed by atoms with Gasteiger partial charge in [-0.25, -0.2) is 0 Å². The smallest absolute Gasteiger partial charge is 0.0431 e. The summed E-state index contributed by atoms with van der Waals surface area (Å²) in [6.45, 7) is 0.390. The second-order valence-electron chi connectivity index (χ2n) is 1.15. The van der Waals surface area contributed by atoms with Gasteiger partial charge in [0.15, 0.2) is 0 Å². The molecule has 0 aromatic carbocycles. The first kappa shape index (κ1) is 11.0. The Labute approximate surface area is 73.5 Å². The average Bonchev–Trinajstić information content (AvgIpc) is 1.61. The number of rotatable bonds is 3. The predicted molar refractivity (Wildman–Crippen MR) is 29.2 cm³/mol. The number of unbranched alkanes of at least 4 members (excludes halogenated alkanes) is 1. The van der Waals surface area contributed by atoms with E-state index in [2.05, 4.69) is 0 Å². The first-order chi connectivity index (χ1) is 2.91. The van der Waals surface area contributed by atoms with Crippen LogP contribution in [0.15, 0.2) is 0 Å². The molecule has 7 heavy (non-hydrogen) atoms. The van der Waals surface area contributed by atoms with E-state index in [1.807, 2.05) is 0 Å². The Morgan fingerprint density at radius 2 is 1.14 bits per heavy atom. The van der Waals surface area contributed by atoms with Crippen LogP contribution in [0.5, 0.6) is 0 Å². The van der Waals surface area contributed by atoms with Crippen LogP contribution in [0, 0.1) is 0 Å². The summed E-state index contributed by atoms with van der Waals surface area (Å²) >= 11 is 0. The fourth-order valence-electron chi connectivity index (χ4n) is 0.224. The van der Waals surface area contributed by atoms with E-state index in [-0.39, 0.29) is 51.0 Å². The number of aliphatic hydroxyl groups excluding tert-OH is 2. The maximum Gasteiger partial charge on any atom is 0.0431 e. The molecule has 0 rings (SSSR count). The Bertz CT molecular complexity index is 21.7. The van der Waals surface area contributed by atoms with Crippen molar-refractivity contribution in [2.24, 2.45) is 0 Å². The van der Waals surface area contributed by atoms with Crippen LogP contribution in [0.3, 0.4) is 0 Å². The van der Waals surface area contributed by atoms with Crippen LogP contribution in [0.25, 0.3) is 0 Å². The molecule has 0 aliphatic heterocycles. The molecule has 0 unspecified atom stereocenters. The third-order valence-electron chi connectivity index (χ3n) is 0.566. The van der Waals surface area contributed by atoms with Gasteiger partial charge in [0.25, 0.3) is 0 Å². The minimum absolute atomic E-state index is 0. The van der Waals surface area contributed by atoms with E-state index in [1.165, 1.54) is 0 Å². The van der Waals surface area contributed by atoms with E-state index in [1.54, 1.807) is 0 Å². The van der Waals surface area contributed by atoms with E-state index in [0.29, 0.717) is 0 Å². The molecule has 2 radical (unpaired) electrons. The van der Waals surface area contributed by atoms with Crippen molar-refractivity contribution in [3.05, 3.63) is 0 Å². The summed E-state index contributed by atoms with van der Waals surface area (Å²) in [5.41, 5.74) is 0. The molecule has 3 heteroatoms. The molecule has 0 aliphatic carbocycles. The summed E-state index contributed by atoms with van der Waals surface area (Å²) in [4.78, 5) is 0. The van der Waals surface area contributed by atoms with Gasteiger partial charge < -0.3 is 10.2 Å². The molecule has 0 saturated carbocycles. The van der Waals surface area contributed by atoms with E-state index in [0.717, 1.165) is 12.8 Å². The van der Waals surface area contributed by atoms with Gasteiger partial charge in [0.2, 0.25) is 0 Å².